The Morgan fingerprint density at radius 3 is 2.71 bits per heavy atom. The fourth-order valence-electron chi connectivity index (χ4n) is 2.52. The first-order valence-electron chi connectivity index (χ1n) is 6.77. The van der Waals surface area contributed by atoms with E-state index in [1.54, 1.807) is 0 Å². The molecule has 0 saturated carbocycles. The number of methoxy groups -OCH3 is 1. The van der Waals surface area contributed by atoms with Crippen LogP contribution in [0.1, 0.15) is 30.1 Å². The molecule has 1 heterocycles. The second-order valence-corrected chi connectivity index (χ2v) is 7.19. The lowest BCUT2D eigenvalue weighted by Crippen LogP contribution is -2.39. The minimum absolute atomic E-state index is 0.0700. The Bertz CT molecular complexity index is 641. The predicted octanol–water partition coefficient (Wildman–Crippen LogP) is 1.81. The Hall–Kier alpha value is -1.60. The van der Waals surface area contributed by atoms with Gasteiger partial charge < -0.3 is 9.84 Å². The Morgan fingerprint density at radius 2 is 2.14 bits per heavy atom. The molecule has 1 N–H and O–H groups in total. The van der Waals surface area contributed by atoms with Crippen molar-refractivity contribution in [2.45, 2.75) is 24.7 Å². The summed E-state index contributed by atoms with van der Waals surface area (Å²) in [5.74, 6) is -0.707. The molecule has 1 aliphatic heterocycles. The molecule has 0 aliphatic carbocycles. The lowest BCUT2D eigenvalue weighted by Gasteiger charge is -2.30. The van der Waals surface area contributed by atoms with E-state index in [0.29, 0.717) is 19.0 Å². The standard InChI is InChI=1S/C14H19NO5S/c1-10-4-3-7-15(9-10)21(18,19)13-8-11(14(16)17)5-6-12(13)20-2/h5-6,8,10H,3-4,7,9H2,1-2H3,(H,16,17). The van der Waals surface area contributed by atoms with Crippen LogP contribution in [0, 0.1) is 5.92 Å². The van der Waals surface area contributed by atoms with Gasteiger partial charge in [0.25, 0.3) is 0 Å². The highest BCUT2D eigenvalue weighted by Gasteiger charge is 2.31. The molecule has 0 amide bonds. The number of sulfonamides is 1. The molecule has 1 aliphatic rings. The first kappa shape index (κ1) is 15.8. The largest absolute Gasteiger partial charge is 0.495 e. The van der Waals surface area contributed by atoms with E-state index in [2.05, 4.69) is 0 Å². The Labute approximate surface area is 124 Å². The lowest BCUT2D eigenvalue weighted by molar-refractivity contribution is 0.0696. The molecule has 0 radical (unpaired) electrons. The molecule has 1 aromatic rings. The quantitative estimate of drug-likeness (QED) is 0.916. The van der Waals surface area contributed by atoms with Crippen molar-refractivity contribution < 1.29 is 23.1 Å². The van der Waals surface area contributed by atoms with E-state index in [9.17, 15) is 13.2 Å². The minimum Gasteiger partial charge on any atom is -0.495 e. The summed E-state index contributed by atoms with van der Waals surface area (Å²) in [6.45, 7) is 2.91. The molecular formula is C14H19NO5S. The van der Waals surface area contributed by atoms with Gasteiger partial charge in [-0.1, -0.05) is 6.92 Å². The Morgan fingerprint density at radius 1 is 1.43 bits per heavy atom. The van der Waals surface area contributed by atoms with E-state index in [0.717, 1.165) is 18.9 Å². The van der Waals surface area contributed by atoms with Crippen molar-refractivity contribution >= 4 is 16.0 Å². The number of nitrogens with zero attached hydrogens (tertiary/aromatic N) is 1. The van der Waals surface area contributed by atoms with Gasteiger partial charge in [0.15, 0.2) is 0 Å². The summed E-state index contributed by atoms with van der Waals surface area (Å²) >= 11 is 0. The number of piperidine rings is 1. The van der Waals surface area contributed by atoms with E-state index < -0.39 is 16.0 Å². The minimum atomic E-state index is -3.75. The summed E-state index contributed by atoms with van der Waals surface area (Å²) in [5.41, 5.74) is -0.0700. The first-order chi connectivity index (χ1) is 9.86. The predicted molar refractivity (Wildman–Crippen MR) is 77.1 cm³/mol. The van der Waals surface area contributed by atoms with Gasteiger partial charge in [-0.2, -0.15) is 4.31 Å². The smallest absolute Gasteiger partial charge is 0.335 e. The third kappa shape index (κ3) is 3.19. The monoisotopic (exact) mass is 313 g/mol. The van der Waals surface area contributed by atoms with E-state index >= 15 is 0 Å². The Kier molecular flexibility index (Phi) is 4.53. The number of benzene rings is 1. The second kappa shape index (κ2) is 6.03. The third-order valence-electron chi connectivity index (χ3n) is 3.65. The zero-order valence-corrected chi connectivity index (χ0v) is 12.9. The van der Waals surface area contributed by atoms with Crippen molar-refractivity contribution in [3.63, 3.8) is 0 Å². The molecule has 1 aromatic carbocycles. The van der Waals surface area contributed by atoms with Crippen LogP contribution < -0.4 is 4.74 Å². The number of rotatable bonds is 4. The van der Waals surface area contributed by atoms with Gasteiger partial charge in [0, 0.05) is 13.1 Å². The first-order valence-corrected chi connectivity index (χ1v) is 8.21. The van der Waals surface area contributed by atoms with Gasteiger partial charge in [0.1, 0.15) is 10.6 Å². The van der Waals surface area contributed by atoms with Gasteiger partial charge in [-0.15, -0.1) is 0 Å². The van der Waals surface area contributed by atoms with Crippen LogP contribution in [0.2, 0.25) is 0 Å². The summed E-state index contributed by atoms with van der Waals surface area (Å²) in [6.07, 6.45) is 1.81. The van der Waals surface area contributed by atoms with Gasteiger partial charge in [0.05, 0.1) is 12.7 Å². The number of ether oxygens (including phenoxy) is 1. The van der Waals surface area contributed by atoms with Crippen molar-refractivity contribution in [3.05, 3.63) is 23.8 Å². The van der Waals surface area contributed by atoms with Crippen molar-refractivity contribution in [3.8, 4) is 5.75 Å². The highest BCUT2D eigenvalue weighted by Crippen LogP contribution is 2.30. The molecule has 0 spiro atoms. The summed E-state index contributed by atoms with van der Waals surface area (Å²) in [5, 5.41) is 9.04. The number of carbonyl (C=O) groups is 1. The van der Waals surface area contributed by atoms with Crippen molar-refractivity contribution in [1.29, 1.82) is 0 Å². The van der Waals surface area contributed by atoms with Gasteiger partial charge >= 0.3 is 5.97 Å². The van der Waals surface area contributed by atoms with Gasteiger partial charge in [-0.05, 0) is 37.0 Å². The fraction of sp³-hybridized carbons (Fsp3) is 0.500. The summed E-state index contributed by atoms with van der Waals surface area (Å²) in [7, 11) is -2.38. The van der Waals surface area contributed by atoms with Gasteiger partial charge in [-0.25, -0.2) is 13.2 Å². The second-order valence-electron chi connectivity index (χ2n) is 5.28. The maximum atomic E-state index is 12.7. The van der Waals surface area contributed by atoms with Gasteiger partial charge in [0.2, 0.25) is 10.0 Å². The highest BCUT2D eigenvalue weighted by atomic mass is 32.2. The maximum Gasteiger partial charge on any atom is 0.335 e. The molecule has 0 bridgehead atoms. The van der Waals surface area contributed by atoms with Crippen molar-refractivity contribution in [2.24, 2.45) is 5.92 Å². The van der Waals surface area contributed by atoms with Crippen LogP contribution in [0.15, 0.2) is 23.1 Å². The molecule has 1 atom stereocenters. The molecular weight excluding hydrogens is 294 g/mol. The maximum absolute atomic E-state index is 12.7. The van der Waals surface area contributed by atoms with Crippen LogP contribution in [-0.2, 0) is 10.0 Å². The fourth-order valence-corrected chi connectivity index (χ4v) is 4.29. The van der Waals surface area contributed by atoms with Crippen LogP contribution in [0.3, 0.4) is 0 Å². The molecule has 6 nitrogen and oxygen atoms in total. The van der Waals surface area contributed by atoms with Crippen molar-refractivity contribution in [1.82, 2.24) is 4.31 Å². The molecule has 116 valence electrons. The summed E-state index contributed by atoms with van der Waals surface area (Å²) in [4.78, 5) is 11.0. The zero-order valence-electron chi connectivity index (χ0n) is 12.1. The van der Waals surface area contributed by atoms with Crippen LogP contribution >= 0.6 is 0 Å². The number of carboxylic acids is 1. The van der Waals surface area contributed by atoms with Crippen LogP contribution in [0.5, 0.6) is 5.75 Å². The zero-order chi connectivity index (χ0) is 15.6. The van der Waals surface area contributed by atoms with E-state index in [1.807, 2.05) is 6.92 Å². The summed E-state index contributed by atoms with van der Waals surface area (Å²) in [6, 6.07) is 3.87. The molecule has 21 heavy (non-hydrogen) atoms. The highest BCUT2D eigenvalue weighted by molar-refractivity contribution is 7.89. The molecule has 1 unspecified atom stereocenters. The average molecular weight is 313 g/mol. The number of aromatic carboxylic acids is 1. The van der Waals surface area contributed by atoms with Crippen LogP contribution in [0.25, 0.3) is 0 Å². The topological polar surface area (TPSA) is 83.9 Å². The average Bonchev–Trinajstić information content (AvgIpc) is 2.46. The van der Waals surface area contributed by atoms with Crippen LogP contribution in [-0.4, -0.2) is 44.0 Å². The lowest BCUT2D eigenvalue weighted by atomic mass is 10.0. The van der Waals surface area contributed by atoms with E-state index in [4.69, 9.17) is 9.84 Å². The molecule has 0 aromatic heterocycles. The van der Waals surface area contributed by atoms with Gasteiger partial charge in [-0.3, -0.25) is 0 Å². The van der Waals surface area contributed by atoms with E-state index in [-0.39, 0.29) is 16.2 Å². The molecule has 2 rings (SSSR count). The normalized spacial score (nSPS) is 20.2. The van der Waals surface area contributed by atoms with Crippen molar-refractivity contribution in [2.75, 3.05) is 20.2 Å². The third-order valence-corrected chi connectivity index (χ3v) is 5.53. The number of hydrogen-bond acceptors (Lipinski definition) is 4. The Balaban J connectivity index is 2.47. The molecule has 1 saturated heterocycles. The molecule has 1 fully saturated rings. The van der Waals surface area contributed by atoms with Crippen LogP contribution in [0.4, 0.5) is 0 Å². The number of carboxylic acid groups (broad SMARTS) is 1. The summed E-state index contributed by atoms with van der Waals surface area (Å²) < 4.78 is 32.0. The number of hydrogen-bond donors (Lipinski definition) is 1. The molecule has 7 heteroatoms. The SMILES string of the molecule is COc1ccc(C(=O)O)cc1S(=O)(=O)N1CCCC(C)C1. The van der Waals surface area contributed by atoms with E-state index in [1.165, 1.54) is 23.5 Å².